The number of pyridine rings is 1. The number of nitrogens with one attached hydrogen (secondary N) is 1. The molecule has 1 aromatic heterocycles. The largest absolute Gasteiger partial charge is 0.454 e. The molecule has 0 aliphatic carbocycles. The Morgan fingerprint density at radius 1 is 1.27 bits per heavy atom. The lowest BCUT2D eigenvalue weighted by molar-refractivity contribution is -0.129. The van der Waals surface area contributed by atoms with Crippen molar-refractivity contribution in [2.24, 2.45) is 0 Å². The zero-order valence-corrected chi connectivity index (χ0v) is 15.1. The van der Waals surface area contributed by atoms with Gasteiger partial charge in [0.2, 0.25) is 12.7 Å². The van der Waals surface area contributed by atoms with Crippen molar-refractivity contribution in [3.63, 3.8) is 0 Å². The summed E-state index contributed by atoms with van der Waals surface area (Å²) in [6.07, 6.45) is 1.33. The van der Waals surface area contributed by atoms with Crippen LogP contribution in [0.15, 0.2) is 30.3 Å². The zero-order valence-electron chi connectivity index (χ0n) is 15.1. The highest BCUT2D eigenvalue weighted by atomic mass is 16.7. The van der Waals surface area contributed by atoms with E-state index in [2.05, 4.69) is 16.4 Å². The maximum atomic E-state index is 12.7. The van der Waals surface area contributed by atoms with Crippen LogP contribution in [0.4, 0.5) is 5.69 Å². The molecule has 4 rings (SSSR count). The number of fused-ring (bicyclic) bond motifs is 1. The average molecular weight is 353 g/mol. The number of amides is 1. The Morgan fingerprint density at radius 2 is 2.12 bits per heavy atom. The SMILES string of the molecule is CNc1cc(C)nc(C2CCN(C(=O)Cc3ccc4c(c3)OCO4)C2)c1. The Balaban J connectivity index is 1.42. The first-order valence-electron chi connectivity index (χ1n) is 8.95. The molecular formula is C20H23N3O3. The summed E-state index contributed by atoms with van der Waals surface area (Å²) >= 11 is 0. The smallest absolute Gasteiger partial charge is 0.231 e. The fraction of sp³-hybridized carbons (Fsp3) is 0.400. The fourth-order valence-electron chi connectivity index (χ4n) is 3.61. The van der Waals surface area contributed by atoms with E-state index in [9.17, 15) is 4.79 Å². The van der Waals surface area contributed by atoms with Crippen LogP contribution in [0.25, 0.3) is 0 Å². The minimum Gasteiger partial charge on any atom is -0.454 e. The third-order valence-corrected chi connectivity index (χ3v) is 5.01. The number of carbonyl (C=O) groups is 1. The summed E-state index contributed by atoms with van der Waals surface area (Å²) in [5.74, 6) is 1.90. The first kappa shape index (κ1) is 16.7. The molecule has 1 fully saturated rings. The lowest BCUT2D eigenvalue weighted by atomic mass is 10.0. The molecule has 0 saturated carbocycles. The van der Waals surface area contributed by atoms with Gasteiger partial charge in [0.1, 0.15) is 0 Å². The van der Waals surface area contributed by atoms with E-state index < -0.39 is 0 Å². The molecule has 0 bridgehead atoms. The van der Waals surface area contributed by atoms with Crippen LogP contribution in [0.3, 0.4) is 0 Å². The van der Waals surface area contributed by atoms with Gasteiger partial charge in [0.15, 0.2) is 11.5 Å². The Morgan fingerprint density at radius 3 is 2.96 bits per heavy atom. The van der Waals surface area contributed by atoms with Crippen LogP contribution in [0.1, 0.15) is 29.3 Å². The van der Waals surface area contributed by atoms with E-state index in [0.29, 0.717) is 12.3 Å². The summed E-state index contributed by atoms with van der Waals surface area (Å²) in [5.41, 5.74) is 4.08. The van der Waals surface area contributed by atoms with Crippen molar-refractivity contribution in [3.05, 3.63) is 47.3 Å². The number of ether oxygens (including phenoxy) is 2. The first-order valence-corrected chi connectivity index (χ1v) is 8.95. The van der Waals surface area contributed by atoms with Crippen molar-refractivity contribution >= 4 is 11.6 Å². The predicted molar refractivity (Wildman–Crippen MR) is 98.7 cm³/mol. The topological polar surface area (TPSA) is 63.7 Å². The van der Waals surface area contributed by atoms with Gasteiger partial charge in [-0.1, -0.05) is 6.07 Å². The summed E-state index contributed by atoms with van der Waals surface area (Å²) in [7, 11) is 1.91. The van der Waals surface area contributed by atoms with Crippen molar-refractivity contribution in [1.82, 2.24) is 9.88 Å². The number of carbonyl (C=O) groups excluding carboxylic acids is 1. The molecule has 1 saturated heterocycles. The zero-order chi connectivity index (χ0) is 18.1. The lowest BCUT2D eigenvalue weighted by Crippen LogP contribution is -2.30. The van der Waals surface area contributed by atoms with E-state index in [1.54, 1.807) is 0 Å². The number of benzene rings is 1. The third-order valence-electron chi connectivity index (χ3n) is 5.01. The molecule has 2 aliphatic rings. The molecule has 136 valence electrons. The number of nitrogens with zero attached hydrogens (tertiary/aromatic N) is 2. The van der Waals surface area contributed by atoms with Gasteiger partial charge in [-0.3, -0.25) is 9.78 Å². The molecule has 2 aromatic rings. The second-order valence-corrected chi connectivity index (χ2v) is 6.86. The molecular weight excluding hydrogens is 330 g/mol. The first-order chi connectivity index (χ1) is 12.6. The normalized spacial score (nSPS) is 18.2. The molecule has 3 heterocycles. The molecule has 6 heteroatoms. The summed E-state index contributed by atoms with van der Waals surface area (Å²) < 4.78 is 10.7. The average Bonchev–Trinajstić information content (AvgIpc) is 3.30. The molecule has 1 N–H and O–H groups in total. The number of rotatable bonds is 4. The van der Waals surface area contributed by atoms with E-state index in [1.165, 1.54) is 0 Å². The monoisotopic (exact) mass is 353 g/mol. The molecule has 2 aliphatic heterocycles. The van der Waals surface area contributed by atoms with E-state index in [0.717, 1.165) is 53.6 Å². The Kier molecular flexibility index (Phi) is 4.41. The molecule has 26 heavy (non-hydrogen) atoms. The van der Waals surface area contributed by atoms with E-state index >= 15 is 0 Å². The van der Waals surface area contributed by atoms with E-state index in [1.807, 2.05) is 43.1 Å². The number of aryl methyl sites for hydroxylation is 1. The second kappa shape index (κ2) is 6.86. The van der Waals surface area contributed by atoms with Crippen LogP contribution in [-0.2, 0) is 11.2 Å². The van der Waals surface area contributed by atoms with Gasteiger partial charge in [-0.2, -0.15) is 0 Å². The minimum absolute atomic E-state index is 0.146. The van der Waals surface area contributed by atoms with Crippen molar-refractivity contribution in [2.75, 3.05) is 32.2 Å². The standard InChI is InChI=1S/C20H23N3O3/c1-13-7-16(21-2)10-17(22-13)15-5-6-23(11-15)20(24)9-14-3-4-18-19(8-14)26-12-25-18/h3-4,7-8,10,15H,5-6,9,11-12H2,1-2H3,(H,21,22). The highest BCUT2D eigenvalue weighted by Gasteiger charge is 2.28. The predicted octanol–water partition coefficient (Wildman–Crippen LogP) is 2.72. The van der Waals surface area contributed by atoms with Gasteiger partial charge < -0.3 is 19.7 Å². The van der Waals surface area contributed by atoms with E-state index in [4.69, 9.17) is 9.47 Å². The molecule has 1 aromatic carbocycles. The number of hydrogen-bond donors (Lipinski definition) is 1. The maximum absolute atomic E-state index is 12.7. The molecule has 1 unspecified atom stereocenters. The molecule has 0 radical (unpaired) electrons. The van der Waals surface area contributed by atoms with Crippen LogP contribution in [0.2, 0.25) is 0 Å². The molecule has 0 spiro atoms. The summed E-state index contributed by atoms with van der Waals surface area (Å²) in [4.78, 5) is 19.3. The van der Waals surface area contributed by atoms with E-state index in [-0.39, 0.29) is 12.7 Å². The summed E-state index contributed by atoms with van der Waals surface area (Å²) in [6, 6.07) is 9.81. The maximum Gasteiger partial charge on any atom is 0.231 e. The number of likely N-dealkylation sites (tertiary alicyclic amines) is 1. The highest BCUT2D eigenvalue weighted by Crippen LogP contribution is 2.33. The number of hydrogen-bond acceptors (Lipinski definition) is 5. The van der Waals surface area contributed by atoms with Gasteiger partial charge in [0.05, 0.1) is 6.42 Å². The van der Waals surface area contributed by atoms with Crippen LogP contribution in [-0.4, -0.2) is 42.7 Å². The third kappa shape index (κ3) is 3.31. The van der Waals surface area contributed by atoms with Crippen molar-refractivity contribution in [3.8, 4) is 11.5 Å². The van der Waals surface area contributed by atoms with Crippen molar-refractivity contribution < 1.29 is 14.3 Å². The Labute approximate surface area is 153 Å². The Bertz CT molecular complexity index is 837. The van der Waals surface area contributed by atoms with Gasteiger partial charge >= 0.3 is 0 Å². The highest BCUT2D eigenvalue weighted by molar-refractivity contribution is 5.79. The second-order valence-electron chi connectivity index (χ2n) is 6.86. The van der Waals surface area contributed by atoms with Gasteiger partial charge in [0.25, 0.3) is 0 Å². The quantitative estimate of drug-likeness (QED) is 0.916. The van der Waals surface area contributed by atoms with Gasteiger partial charge in [0, 0.05) is 43.1 Å². The van der Waals surface area contributed by atoms with Crippen LogP contribution >= 0.6 is 0 Å². The van der Waals surface area contributed by atoms with Gasteiger partial charge in [-0.15, -0.1) is 0 Å². The summed E-state index contributed by atoms with van der Waals surface area (Å²) in [6.45, 7) is 3.75. The minimum atomic E-state index is 0.146. The summed E-state index contributed by atoms with van der Waals surface area (Å²) in [5, 5.41) is 3.18. The van der Waals surface area contributed by atoms with Gasteiger partial charge in [-0.05, 0) is 43.2 Å². The Hall–Kier alpha value is -2.76. The van der Waals surface area contributed by atoms with Crippen LogP contribution < -0.4 is 14.8 Å². The fourth-order valence-corrected chi connectivity index (χ4v) is 3.61. The van der Waals surface area contributed by atoms with Gasteiger partial charge in [-0.25, -0.2) is 0 Å². The lowest BCUT2D eigenvalue weighted by Gasteiger charge is -2.17. The molecule has 1 atom stereocenters. The van der Waals surface area contributed by atoms with Crippen LogP contribution in [0, 0.1) is 6.92 Å². The molecule has 6 nitrogen and oxygen atoms in total. The number of aromatic nitrogens is 1. The van der Waals surface area contributed by atoms with Crippen molar-refractivity contribution in [2.45, 2.75) is 25.7 Å². The van der Waals surface area contributed by atoms with Crippen molar-refractivity contribution in [1.29, 1.82) is 0 Å². The number of anilines is 1. The van der Waals surface area contributed by atoms with Crippen LogP contribution in [0.5, 0.6) is 11.5 Å². The molecule has 1 amide bonds.